The van der Waals surface area contributed by atoms with Crippen LogP contribution < -0.4 is 5.32 Å². The average Bonchev–Trinajstić information content (AvgIpc) is 2.28. The number of carbonyl (C=O) groups excluding carboxylic acids is 1. The van der Waals surface area contributed by atoms with Crippen LogP contribution in [0.5, 0.6) is 0 Å². The van der Waals surface area contributed by atoms with E-state index in [2.05, 4.69) is 17.3 Å². The summed E-state index contributed by atoms with van der Waals surface area (Å²) in [7, 11) is 2.16. The highest BCUT2D eigenvalue weighted by molar-refractivity contribution is 5.79. The molecule has 1 aliphatic heterocycles. The first-order valence-electron chi connectivity index (χ1n) is 6.24. The van der Waals surface area contributed by atoms with Gasteiger partial charge in [-0.1, -0.05) is 6.42 Å². The normalized spacial score (nSPS) is 29.3. The van der Waals surface area contributed by atoms with Crippen LogP contribution in [-0.4, -0.2) is 37.0 Å². The van der Waals surface area contributed by atoms with Gasteiger partial charge in [-0.25, -0.2) is 0 Å². The molecule has 2 rings (SSSR count). The van der Waals surface area contributed by atoms with E-state index in [1.807, 2.05) is 0 Å². The highest BCUT2D eigenvalue weighted by Gasteiger charge is 2.27. The van der Waals surface area contributed by atoms with E-state index in [9.17, 15) is 4.79 Å². The summed E-state index contributed by atoms with van der Waals surface area (Å²) in [6, 6.07) is 0.433. The number of hydrogen-bond donors (Lipinski definition) is 1. The first kappa shape index (κ1) is 10.9. The number of nitrogens with one attached hydrogen (secondary N) is 1. The van der Waals surface area contributed by atoms with Crippen LogP contribution in [-0.2, 0) is 4.79 Å². The second kappa shape index (κ2) is 4.97. The monoisotopic (exact) mass is 210 g/mol. The van der Waals surface area contributed by atoms with E-state index in [1.165, 1.54) is 19.4 Å². The zero-order valence-corrected chi connectivity index (χ0v) is 9.67. The maximum atomic E-state index is 11.8. The van der Waals surface area contributed by atoms with E-state index in [1.54, 1.807) is 0 Å². The van der Waals surface area contributed by atoms with Crippen LogP contribution in [0.15, 0.2) is 0 Å². The van der Waals surface area contributed by atoms with Crippen molar-refractivity contribution in [1.29, 1.82) is 0 Å². The highest BCUT2D eigenvalue weighted by Crippen LogP contribution is 2.26. The third kappa shape index (κ3) is 2.94. The molecule has 1 saturated heterocycles. The number of rotatable bonds is 2. The lowest BCUT2D eigenvalue weighted by molar-refractivity contribution is -0.128. The van der Waals surface area contributed by atoms with Gasteiger partial charge < -0.3 is 10.2 Å². The molecule has 3 nitrogen and oxygen atoms in total. The Bertz CT molecular complexity index is 226. The smallest absolute Gasteiger partial charge is 0.223 e. The summed E-state index contributed by atoms with van der Waals surface area (Å²) in [6.45, 7) is 2.30. The van der Waals surface area contributed by atoms with Gasteiger partial charge in [0.25, 0.3) is 0 Å². The Hall–Kier alpha value is -0.570. The third-order valence-corrected chi connectivity index (χ3v) is 3.77. The molecule has 1 amide bonds. The van der Waals surface area contributed by atoms with Gasteiger partial charge in [-0.3, -0.25) is 4.79 Å². The van der Waals surface area contributed by atoms with Crippen molar-refractivity contribution in [2.24, 2.45) is 5.92 Å². The topological polar surface area (TPSA) is 32.3 Å². The molecule has 0 spiro atoms. The van der Waals surface area contributed by atoms with Crippen molar-refractivity contribution in [3.63, 3.8) is 0 Å². The molecule has 2 fully saturated rings. The number of nitrogens with zero attached hydrogens (tertiary/aromatic N) is 1. The maximum absolute atomic E-state index is 11.8. The van der Waals surface area contributed by atoms with Crippen molar-refractivity contribution < 1.29 is 4.79 Å². The van der Waals surface area contributed by atoms with Gasteiger partial charge in [-0.15, -0.1) is 0 Å². The molecule has 1 atom stereocenters. The third-order valence-electron chi connectivity index (χ3n) is 3.77. The molecule has 1 aliphatic carbocycles. The Morgan fingerprint density at radius 2 is 1.93 bits per heavy atom. The Morgan fingerprint density at radius 3 is 2.60 bits per heavy atom. The zero-order chi connectivity index (χ0) is 10.7. The molecule has 0 aromatic carbocycles. The summed E-state index contributed by atoms with van der Waals surface area (Å²) in [5, 5.41) is 3.22. The Morgan fingerprint density at radius 1 is 1.13 bits per heavy atom. The van der Waals surface area contributed by atoms with Gasteiger partial charge in [0, 0.05) is 12.0 Å². The van der Waals surface area contributed by atoms with Crippen LogP contribution in [0, 0.1) is 5.92 Å². The van der Waals surface area contributed by atoms with Crippen LogP contribution in [0.1, 0.15) is 38.5 Å². The molecule has 0 radical (unpaired) electrons. The lowest BCUT2D eigenvalue weighted by Gasteiger charge is -2.27. The van der Waals surface area contributed by atoms with Crippen LogP contribution in [0.25, 0.3) is 0 Å². The zero-order valence-electron chi connectivity index (χ0n) is 9.67. The summed E-state index contributed by atoms with van der Waals surface area (Å²) >= 11 is 0. The van der Waals surface area contributed by atoms with E-state index in [-0.39, 0.29) is 0 Å². The van der Waals surface area contributed by atoms with Crippen molar-refractivity contribution in [3.05, 3.63) is 0 Å². The molecule has 15 heavy (non-hydrogen) atoms. The van der Waals surface area contributed by atoms with Gasteiger partial charge in [-0.2, -0.15) is 0 Å². The summed E-state index contributed by atoms with van der Waals surface area (Å²) in [6.07, 6.45) is 6.95. The molecular weight excluding hydrogens is 188 g/mol. The molecule has 0 bridgehead atoms. The standard InChI is InChI=1S/C12H22N2O/c1-14-8-3-6-11(7-9-14)13-12(15)10-4-2-5-10/h10-11H,2-9H2,1H3,(H,13,15). The number of likely N-dealkylation sites (tertiary alicyclic amines) is 1. The molecule has 0 aromatic heterocycles. The van der Waals surface area contributed by atoms with E-state index >= 15 is 0 Å². The fourth-order valence-electron chi connectivity index (χ4n) is 2.37. The summed E-state index contributed by atoms with van der Waals surface area (Å²) in [5.74, 6) is 0.654. The molecule has 3 heteroatoms. The lowest BCUT2D eigenvalue weighted by atomic mass is 9.84. The molecule has 1 heterocycles. The van der Waals surface area contributed by atoms with Gasteiger partial charge in [0.1, 0.15) is 0 Å². The van der Waals surface area contributed by atoms with Crippen molar-refractivity contribution in [3.8, 4) is 0 Å². The summed E-state index contributed by atoms with van der Waals surface area (Å²) in [4.78, 5) is 14.1. The minimum Gasteiger partial charge on any atom is -0.353 e. The SMILES string of the molecule is CN1CCCC(NC(=O)C2CCC2)CC1. The van der Waals surface area contributed by atoms with Crippen LogP contribution >= 0.6 is 0 Å². The predicted molar refractivity (Wildman–Crippen MR) is 60.6 cm³/mol. The second-order valence-corrected chi connectivity index (χ2v) is 5.07. The van der Waals surface area contributed by atoms with Gasteiger partial charge in [0.05, 0.1) is 0 Å². The van der Waals surface area contributed by atoms with Crippen molar-refractivity contribution in [2.75, 3.05) is 20.1 Å². The van der Waals surface area contributed by atoms with Gasteiger partial charge in [0.2, 0.25) is 5.91 Å². The molecule has 1 unspecified atom stereocenters. The highest BCUT2D eigenvalue weighted by atomic mass is 16.2. The van der Waals surface area contributed by atoms with E-state index in [4.69, 9.17) is 0 Å². The molecule has 86 valence electrons. The molecule has 1 saturated carbocycles. The molecule has 0 aromatic rings. The molecule has 1 N–H and O–H groups in total. The van der Waals surface area contributed by atoms with Crippen molar-refractivity contribution >= 4 is 5.91 Å². The van der Waals surface area contributed by atoms with E-state index < -0.39 is 0 Å². The van der Waals surface area contributed by atoms with Gasteiger partial charge >= 0.3 is 0 Å². The fourth-order valence-corrected chi connectivity index (χ4v) is 2.37. The quantitative estimate of drug-likeness (QED) is 0.747. The Balaban J connectivity index is 1.75. The van der Waals surface area contributed by atoms with Crippen LogP contribution in [0.3, 0.4) is 0 Å². The van der Waals surface area contributed by atoms with E-state index in [0.717, 1.165) is 32.2 Å². The molecular formula is C12H22N2O. The lowest BCUT2D eigenvalue weighted by Crippen LogP contribution is -2.41. The maximum Gasteiger partial charge on any atom is 0.223 e. The predicted octanol–water partition coefficient (Wildman–Crippen LogP) is 1.39. The Labute approximate surface area is 92.2 Å². The van der Waals surface area contributed by atoms with Gasteiger partial charge in [-0.05, 0) is 52.2 Å². The minimum atomic E-state index is 0.316. The number of carbonyl (C=O) groups is 1. The number of amides is 1. The largest absolute Gasteiger partial charge is 0.353 e. The fraction of sp³-hybridized carbons (Fsp3) is 0.917. The second-order valence-electron chi connectivity index (χ2n) is 5.07. The van der Waals surface area contributed by atoms with Crippen molar-refractivity contribution in [2.45, 2.75) is 44.6 Å². The summed E-state index contributed by atoms with van der Waals surface area (Å²) < 4.78 is 0. The minimum absolute atomic E-state index is 0.316. The molecule has 2 aliphatic rings. The average molecular weight is 210 g/mol. The Kier molecular flexibility index (Phi) is 3.62. The van der Waals surface area contributed by atoms with Gasteiger partial charge in [0.15, 0.2) is 0 Å². The first-order chi connectivity index (χ1) is 7.25. The number of hydrogen-bond acceptors (Lipinski definition) is 2. The first-order valence-corrected chi connectivity index (χ1v) is 6.24. The van der Waals surface area contributed by atoms with E-state index in [0.29, 0.717) is 17.9 Å². The summed E-state index contributed by atoms with van der Waals surface area (Å²) in [5.41, 5.74) is 0. The van der Waals surface area contributed by atoms with Crippen LogP contribution in [0.2, 0.25) is 0 Å². The van der Waals surface area contributed by atoms with Crippen LogP contribution in [0.4, 0.5) is 0 Å². The van der Waals surface area contributed by atoms with Crippen molar-refractivity contribution in [1.82, 2.24) is 10.2 Å².